The van der Waals surface area contributed by atoms with Gasteiger partial charge in [-0.3, -0.25) is 9.36 Å². The molecule has 0 saturated carbocycles. The number of H-pyrrole nitrogens is 1. The number of benzene rings is 2. The van der Waals surface area contributed by atoms with Crippen LogP contribution in [0.5, 0.6) is 0 Å². The Morgan fingerprint density at radius 1 is 1.04 bits per heavy atom. The van der Waals surface area contributed by atoms with Crippen molar-refractivity contribution < 1.29 is 8.78 Å². The fraction of sp³-hybridized carbons (Fsp3) is 0.167. The van der Waals surface area contributed by atoms with Gasteiger partial charge >= 0.3 is 6.55 Å². The Morgan fingerprint density at radius 2 is 1.73 bits per heavy atom. The first-order chi connectivity index (χ1) is 12.5. The van der Waals surface area contributed by atoms with Crippen molar-refractivity contribution in [3.8, 4) is 0 Å². The Bertz CT molecular complexity index is 1150. The van der Waals surface area contributed by atoms with E-state index in [1.54, 1.807) is 55.5 Å². The average Bonchev–Trinajstić information content (AvgIpc) is 2.99. The molecular formula is C18H14F2N4OS. The number of nitrogens with zero attached hydrogens (tertiary/aromatic N) is 3. The summed E-state index contributed by atoms with van der Waals surface area (Å²) >= 11 is 1.13. The predicted octanol–water partition coefficient (Wildman–Crippen LogP) is 4.52. The molecule has 5 nitrogen and oxygen atoms in total. The molecule has 0 aliphatic carbocycles. The van der Waals surface area contributed by atoms with Gasteiger partial charge in [-0.15, -0.1) is 0 Å². The van der Waals surface area contributed by atoms with Gasteiger partial charge in [0.15, 0.2) is 5.16 Å². The van der Waals surface area contributed by atoms with Crippen LogP contribution >= 0.6 is 11.8 Å². The summed E-state index contributed by atoms with van der Waals surface area (Å²) in [6, 6.07) is 13.8. The number of halogens is 2. The maximum Gasteiger partial charge on any atom is 0.321 e. The summed E-state index contributed by atoms with van der Waals surface area (Å²) in [6.45, 7) is -0.909. The van der Waals surface area contributed by atoms with E-state index >= 15 is 0 Å². The Balaban J connectivity index is 1.75. The largest absolute Gasteiger partial charge is 0.321 e. The third-order valence-electron chi connectivity index (χ3n) is 4.06. The molecular weight excluding hydrogens is 358 g/mol. The van der Waals surface area contributed by atoms with Crippen molar-refractivity contribution >= 4 is 33.7 Å². The van der Waals surface area contributed by atoms with Crippen LogP contribution in [-0.4, -0.2) is 19.5 Å². The van der Waals surface area contributed by atoms with Crippen LogP contribution in [0.15, 0.2) is 58.5 Å². The lowest BCUT2D eigenvalue weighted by molar-refractivity contribution is 0.0656. The zero-order valence-electron chi connectivity index (χ0n) is 13.7. The molecule has 1 N–H and O–H groups in total. The molecule has 0 saturated heterocycles. The minimum atomic E-state index is -2.71. The number of para-hydroxylation sites is 3. The molecule has 2 heterocycles. The van der Waals surface area contributed by atoms with E-state index in [2.05, 4.69) is 15.0 Å². The Morgan fingerprint density at radius 3 is 2.50 bits per heavy atom. The highest BCUT2D eigenvalue weighted by atomic mass is 32.2. The van der Waals surface area contributed by atoms with Crippen molar-refractivity contribution in [1.29, 1.82) is 0 Å². The SMILES string of the molecule is CC(Sc1nc2ccccc2n1C(F)F)c1nc2ccccc2c(=O)[nH]1. The number of aromatic nitrogens is 4. The molecule has 1 atom stereocenters. The monoisotopic (exact) mass is 372 g/mol. The zero-order valence-corrected chi connectivity index (χ0v) is 14.5. The van der Waals surface area contributed by atoms with Crippen molar-refractivity contribution in [2.24, 2.45) is 0 Å². The quantitative estimate of drug-likeness (QED) is 0.535. The summed E-state index contributed by atoms with van der Waals surface area (Å²) in [5, 5.41) is 0.319. The molecule has 0 bridgehead atoms. The Kier molecular flexibility index (Phi) is 4.20. The lowest BCUT2D eigenvalue weighted by Gasteiger charge is -2.12. The van der Waals surface area contributed by atoms with E-state index in [0.29, 0.717) is 27.8 Å². The second kappa shape index (κ2) is 6.53. The van der Waals surface area contributed by atoms with Crippen LogP contribution in [0.4, 0.5) is 8.78 Å². The minimum absolute atomic E-state index is 0.185. The van der Waals surface area contributed by atoms with E-state index in [-0.39, 0.29) is 16.0 Å². The van der Waals surface area contributed by atoms with Crippen LogP contribution in [0, 0.1) is 0 Å². The van der Waals surface area contributed by atoms with E-state index in [1.807, 2.05) is 0 Å². The molecule has 26 heavy (non-hydrogen) atoms. The van der Waals surface area contributed by atoms with Gasteiger partial charge in [0, 0.05) is 0 Å². The molecule has 0 aliphatic heterocycles. The van der Waals surface area contributed by atoms with Gasteiger partial charge in [0.25, 0.3) is 5.56 Å². The number of hydrogen-bond donors (Lipinski definition) is 1. The molecule has 0 spiro atoms. The van der Waals surface area contributed by atoms with Gasteiger partial charge in [-0.25, -0.2) is 9.97 Å². The van der Waals surface area contributed by atoms with Crippen molar-refractivity contribution in [2.45, 2.75) is 23.9 Å². The van der Waals surface area contributed by atoms with Crippen LogP contribution in [0.3, 0.4) is 0 Å². The van der Waals surface area contributed by atoms with E-state index in [4.69, 9.17) is 0 Å². The van der Waals surface area contributed by atoms with Gasteiger partial charge in [0.05, 0.1) is 27.2 Å². The molecule has 0 radical (unpaired) electrons. The second-order valence-electron chi connectivity index (χ2n) is 5.76. The van der Waals surface area contributed by atoms with Crippen molar-refractivity contribution in [3.63, 3.8) is 0 Å². The summed E-state index contributed by atoms with van der Waals surface area (Å²) in [7, 11) is 0. The molecule has 0 amide bonds. The number of imidazole rings is 1. The highest BCUT2D eigenvalue weighted by Gasteiger charge is 2.21. The van der Waals surface area contributed by atoms with Crippen molar-refractivity contribution in [3.05, 3.63) is 64.7 Å². The van der Waals surface area contributed by atoms with Crippen LogP contribution in [0.2, 0.25) is 0 Å². The smallest absolute Gasteiger partial charge is 0.309 e. The third-order valence-corrected chi connectivity index (χ3v) is 5.13. The number of hydrogen-bond acceptors (Lipinski definition) is 4. The summed E-state index contributed by atoms with van der Waals surface area (Å²) < 4.78 is 28.0. The van der Waals surface area contributed by atoms with Crippen molar-refractivity contribution in [2.75, 3.05) is 0 Å². The minimum Gasteiger partial charge on any atom is -0.309 e. The van der Waals surface area contributed by atoms with Crippen LogP contribution in [0.1, 0.15) is 24.5 Å². The molecule has 2 aromatic carbocycles. The van der Waals surface area contributed by atoms with Crippen molar-refractivity contribution in [1.82, 2.24) is 19.5 Å². The molecule has 0 fully saturated rings. The maximum atomic E-state index is 13.6. The van der Waals surface area contributed by atoms with Crippen LogP contribution in [0.25, 0.3) is 21.9 Å². The fourth-order valence-corrected chi connectivity index (χ4v) is 3.79. The Hall–Kier alpha value is -2.74. The number of aromatic amines is 1. The maximum absolute atomic E-state index is 13.6. The van der Waals surface area contributed by atoms with Gasteiger partial charge in [0.1, 0.15) is 5.82 Å². The summed E-state index contributed by atoms with van der Waals surface area (Å²) in [5.41, 5.74) is 1.20. The molecule has 2 aromatic heterocycles. The number of rotatable bonds is 4. The molecule has 0 aliphatic rings. The normalized spacial score (nSPS) is 12.9. The fourth-order valence-electron chi connectivity index (χ4n) is 2.81. The van der Waals surface area contributed by atoms with Crippen LogP contribution in [-0.2, 0) is 0 Å². The number of fused-ring (bicyclic) bond motifs is 2. The molecule has 4 rings (SSSR count). The molecule has 132 valence electrons. The summed E-state index contributed by atoms with van der Waals surface area (Å²) in [4.78, 5) is 23.7. The van der Waals surface area contributed by atoms with Gasteiger partial charge < -0.3 is 4.98 Å². The third kappa shape index (κ3) is 2.86. The lowest BCUT2D eigenvalue weighted by atomic mass is 10.2. The van der Waals surface area contributed by atoms with E-state index < -0.39 is 6.55 Å². The topological polar surface area (TPSA) is 63.6 Å². The van der Waals surface area contributed by atoms with E-state index in [0.717, 1.165) is 16.3 Å². The average molecular weight is 372 g/mol. The molecule has 4 aromatic rings. The van der Waals surface area contributed by atoms with Crippen LogP contribution < -0.4 is 5.56 Å². The Labute approximate surface area is 151 Å². The first kappa shape index (κ1) is 16.7. The molecule has 1 unspecified atom stereocenters. The standard InChI is InChI=1S/C18H14F2N4OS/c1-10(15-21-12-7-3-2-6-11(12)16(25)23-15)26-18-22-13-8-4-5-9-14(13)24(18)17(19)20/h2-10,17H,1H3,(H,21,23,25). The highest BCUT2D eigenvalue weighted by Crippen LogP contribution is 2.36. The number of thioether (sulfide) groups is 1. The predicted molar refractivity (Wildman–Crippen MR) is 97.6 cm³/mol. The van der Waals surface area contributed by atoms with Gasteiger partial charge in [-0.2, -0.15) is 8.78 Å². The molecule has 8 heteroatoms. The van der Waals surface area contributed by atoms with E-state index in [1.165, 1.54) is 0 Å². The first-order valence-corrected chi connectivity index (χ1v) is 8.83. The second-order valence-corrected chi connectivity index (χ2v) is 7.07. The summed E-state index contributed by atoms with van der Waals surface area (Å²) in [5.74, 6) is 0.423. The van der Waals surface area contributed by atoms with Gasteiger partial charge in [-0.05, 0) is 31.2 Å². The highest BCUT2D eigenvalue weighted by molar-refractivity contribution is 7.99. The van der Waals surface area contributed by atoms with E-state index in [9.17, 15) is 13.6 Å². The van der Waals surface area contributed by atoms with Gasteiger partial charge in [0.2, 0.25) is 0 Å². The zero-order chi connectivity index (χ0) is 18.3. The first-order valence-electron chi connectivity index (χ1n) is 7.95. The lowest BCUT2D eigenvalue weighted by Crippen LogP contribution is -2.13. The number of nitrogens with one attached hydrogen (secondary N) is 1. The summed E-state index contributed by atoms with van der Waals surface area (Å²) in [6.07, 6.45) is 0. The van der Waals surface area contributed by atoms with Gasteiger partial charge in [-0.1, -0.05) is 36.0 Å². The number of alkyl halides is 2.